The molecule has 0 aliphatic carbocycles. The fraction of sp³-hybridized carbons (Fsp3) is 0.455. The van der Waals surface area contributed by atoms with E-state index in [4.69, 9.17) is 11.6 Å². The molecular formula is C11H13ClN4O4S. The van der Waals surface area contributed by atoms with Crippen LogP contribution in [-0.4, -0.2) is 41.5 Å². The highest BCUT2D eigenvalue weighted by molar-refractivity contribution is 7.15. The number of nitrogens with one attached hydrogen (secondary N) is 1. The fourth-order valence-corrected chi connectivity index (χ4v) is 2.87. The number of aryl methyl sites for hydroxylation is 1. The molecule has 1 aliphatic heterocycles. The quantitative estimate of drug-likeness (QED) is 0.656. The highest BCUT2D eigenvalue weighted by Crippen LogP contribution is 2.32. The van der Waals surface area contributed by atoms with Gasteiger partial charge in [0.05, 0.1) is 18.7 Å². The molecule has 0 spiro atoms. The van der Waals surface area contributed by atoms with E-state index in [0.717, 1.165) is 11.3 Å². The minimum absolute atomic E-state index is 0.0853. The van der Waals surface area contributed by atoms with Crippen LogP contribution >= 0.6 is 22.9 Å². The summed E-state index contributed by atoms with van der Waals surface area (Å²) < 4.78 is 0.589. The second-order valence-corrected chi connectivity index (χ2v) is 5.73. The van der Waals surface area contributed by atoms with Crippen molar-refractivity contribution >= 4 is 40.5 Å². The number of amides is 1. The minimum atomic E-state index is -0.918. The first-order valence-electron chi connectivity index (χ1n) is 6.11. The van der Waals surface area contributed by atoms with Gasteiger partial charge in [-0.25, -0.2) is 0 Å². The highest BCUT2D eigenvalue weighted by Gasteiger charge is 2.25. The lowest BCUT2D eigenvalue weighted by molar-refractivity contribution is -0.757. The summed E-state index contributed by atoms with van der Waals surface area (Å²) in [6.07, 6.45) is -0.0853. The summed E-state index contributed by atoms with van der Waals surface area (Å²) in [7, 11) is 0. The molecule has 0 bridgehead atoms. The Morgan fingerprint density at radius 1 is 1.71 bits per heavy atom. The molecule has 1 amide bonds. The lowest BCUT2D eigenvalue weighted by Gasteiger charge is -2.19. The molecule has 1 aromatic rings. The predicted octanol–water partition coefficient (Wildman–Crippen LogP) is 1.92. The van der Waals surface area contributed by atoms with E-state index in [2.05, 4.69) is 15.1 Å². The van der Waals surface area contributed by atoms with E-state index < -0.39 is 5.09 Å². The Morgan fingerprint density at radius 3 is 3.10 bits per heavy atom. The number of thiophene rings is 1. The number of guanidine groups is 1. The Balaban J connectivity index is 1.97. The summed E-state index contributed by atoms with van der Waals surface area (Å²) in [5.41, 5.74) is 1.69. The Hall–Kier alpha value is -1.87. The van der Waals surface area contributed by atoms with Gasteiger partial charge in [-0.1, -0.05) is 11.6 Å². The number of hydrogen-bond donors (Lipinski definition) is 1. The van der Waals surface area contributed by atoms with Gasteiger partial charge in [0.2, 0.25) is 11.9 Å². The first kappa shape index (κ1) is 15.5. The van der Waals surface area contributed by atoms with Crippen molar-refractivity contribution in [3.8, 4) is 0 Å². The van der Waals surface area contributed by atoms with E-state index in [1.807, 2.05) is 12.3 Å². The lowest BCUT2D eigenvalue weighted by Crippen LogP contribution is -2.39. The van der Waals surface area contributed by atoms with Crippen LogP contribution in [0.15, 0.2) is 10.4 Å². The number of carbonyl (C=O) groups is 1. The molecule has 0 atom stereocenters. The van der Waals surface area contributed by atoms with Gasteiger partial charge in [0.15, 0.2) is 0 Å². The van der Waals surface area contributed by atoms with Gasteiger partial charge < -0.3 is 10.2 Å². The standard InChI is InChI=1S/C11H13ClN4O4S/c1-7-6-21-10(12)9(7)14-11-13-3-4-15(11)8(17)2-5-20-16(18)19/h6H,2-5H2,1H3,(H,13,14). The van der Waals surface area contributed by atoms with Crippen LogP contribution < -0.4 is 5.32 Å². The first-order chi connectivity index (χ1) is 9.99. The number of aliphatic imine (C=N–C) groups is 1. The average molecular weight is 333 g/mol. The molecule has 0 fully saturated rings. The number of anilines is 1. The normalized spacial score (nSPS) is 14.0. The number of hydrogen-bond acceptors (Lipinski definition) is 7. The van der Waals surface area contributed by atoms with E-state index in [1.54, 1.807) is 0 Å². The van der Waals surface area contributed by atoms with Crippen molar-refractivity contribution in [2.75, 3.05) is 25.0 Å². The molecule has 1 aliphatic rings. The van der Waals surface area contributed by atoms with Gasteiger partial charge in [0.1, 0.15) is 10.9 Å². The topological polar surface area (TPSA) is 97.1 Å². The molecule has 21 heavy (non-hydrogen) atoms. The Morgan fingerprint density at radius 2 is 2.48 bits per heavy atom. The van der Waals surface area contributed by atoms with Gasteiger partial charge in [-0.3, -0.25) is 14.7 Å². The van der Waals surface area contributed by atoms with E-state index in [-0.39, 0.29) is 18.9 Å². The van der Waals surface area contributed by atoms with Gasteiger partial charge in [-0.05, 0) is 17.9 Å². The fourth-order valence-electron chi connectivity index (χ4n) is 1.81. The van der Waals surface area contributed by atoms with Crippen LogP contribution in [-0.2, 0) is 9.63 Å². The molecule has 0 saturated carbocycles. The smallest absolute Gasteiger partial charge is 0.294 e. The zero-order chi connectivity index (χ0) is 15.4. The molecule has 1 N–H and O–H groups in total. The maximum atomic E-state index is 12.0. The summed E-state index contributed by atoms with van der Waals surface area (Å²) in [6, 6.07) is 0. The van der Waals surface area contributed by atoms with Gasteiger partial charge in [-0.15, -0.1) is 21.5 Å². The van der Waals surface area contributed by atoms with Gasteiger partial charge in [0, 0.05) is 6.54 Å². The monoisotopic (exact) mass is 332 g/mol. The summed E-state index contributed by atoms with van der Waals surface area (Å²) in [4.78, 5) is 31.9. The third kappa shape index (κ3) is 3.82. The molecule has 10 heteroatoms. The van der Waals surface area contributed by atoms with Crippen LogP contribution in [0.3, 0.4) is 0 Å². The minimum Gasteiger partial charge on any atom is -0.324 e. The maximum Gasteiger partial charge on any atom is 0.294 e. The van der Waals surface area contributed by atoms with Gasteiger partial charge in [0.25, 0.3) is 5.09 Å². The van der Waals surface area contributed by atoms with Crippen molar-refractivity contribution in [2.45, 2.75) is 13.3 Å². The summed E-state index contributed by atoms with van der Waals surface area (Å²) in [5.74, 6) is 0.120. The Labute approximate surface area is 129 Å². The summed E-state index contributed by atoms with van der Waals surface area (Å²) >= 11 is 7.46. The molecule has 0 saturated heterocycles. The second kappa shape index (κ2) is 6.72. The summed E-state index contributed by atoms with van der Waals surface area (Å²) in [5, 5.41) is 14.1. The molecular weight excluding hydrogens is 320 g/mol. The van der Waals surface area contributed by atoms with Gasteiger partial charge in [-0.2, -0.15) is 0 Å². The lowest BCUT2D eigenvalue weighted by atomic mass is 10.3. The second-order valence-electron chi connectivity index (χ2n) is 4.25. The molecule has 0 unspecified atom stereocenters. The van der Waals surface area contributed by atoms with Crippen LogP contribution in [0.25, 0.3) is 0 Å². The summed E-state index contributed by atoms with van der Waals surface area (Å²) in [6.45, 7) is 2.54. The van der Waals surface area contributed by atoms with Crippen LogP contribution in [0.4, 0.5) is 5.69 Å². The highest BCUT2D eigenvalue weighted by atomic mass is 35.5. The van der Waals surface area contributed by atoms with E-state index in [0.29, 0.717) is 23.4 Å². The molecule has 1 aromatic heterocycles. The van der Waals surface area contributed by atoms with Crippen molar-refractivity contribution in [1.82, 2.24) is 4.90 Å². The van der Waals surface area contributed by atoms with Crippen molar-refractivity contribution in [3.05, 3.63) is 25.4 Å². The zero-order valence-corrected chi connectivity index (χ0v) is 12.7. The van der Waals surface area contributed by atoms with Crippen molar-refractivity contribution in [1.29, 1.82) is 0 Å². The number of halogens is 1. The van der Waals surface area contributed by atoms with Crippen molar-refractivity contribution in [3.63, 3.8) is 0 Å². The Kier molecular flexibility index (Phi) is 4.97. The number of rotatable bonds is 5. The SMILES string of the molecule is Cc1csc(Cl)c1NC1=NCCN1C(=O)CCO[N+](=O)[O-]. The maximum absolute atomic E-state index is 12.0. The van der Waals surface area contributed by atoms with Crippen LogP contribution in [0, 0.1) is 17.0 Å². The molecule has 114 valence electrons. The molecule has 2 rings (SSSR count). The molecule has 2 heterocycles. The van der Waals surface area contributed by atoms with Crippen LogP contribution in [0.2, 0.25) is 4.34 Å². The number of nitrogens with zero attached hydrogens (tertiary/aromatic N) is 3. The van der Waals surface area contributed by atoms with Gasteiger partial charge >= 0.3 is 0 Å². The molecule has 0 aromatic carbocycles. The van der Waals surface area contributed by atoms with Crippen LogP contribution in [0.1, 0.15) is 12.0 Å². The zero-order valence-electron chi connectivity index (χ0n) is 11.2. The Bertz CT molecular complexity index is 569. The first-order valence-corrected chi connectivity index (χ1v) is 7.37. The molecule has 0 radical (unpaired) electrons. The predicted molar refractivity (Wildman–Crippen MR) is 79.3 cm³/mol. The average Bonchev–Trinajstić information content (AvgIpc) is 3.00. The van der Waals surface area contributed by atoms with E-state index in [1.165, 1.54) is 16.2 Å². The third-order valence-electron chi connectivity index (χ3n) is 2.82. The third-order valence-corrected chi connectivity index (χ3v) is 4.16. The van der Waals surface area contributed by atoms with Crippen molar-refractivity contribution in [2.24, 2.45) is 4.99 Å². The van der Waals surface area contributed by atoms with Crippen molar-refractivity contribution < 1.29 is 14.7 Å². The van der Waals surface area contributed by atoms with E-state index in [9.17, 15) is 14.9 Å². The largest absolute Gasteiger partial charge is 0.324 e. The van der Waals surface area contributed by atoms with E-state index >= 15 is 0 Å². The number of carbonyl (C=O) groups excluding carboxylic acids is 1. The molecule has 8 nitrogen and oxygen atoms in total. The van der Waals surface area contributed by atoms with Crippen LogP contribution in [0.5, 0.6) is 0 Å².